The minimum Gasteiger partial charge on any atom is -0.497 e. The summed E-state index contributed by atoms with van der Waals surface area (Å²) < 4.78 is 6.01. The molecule has 0 radical (unpaired) electrons. The Hall–Kier alpha value is -0.900. The second-order valence-corrected chi connectivity index (χ2v) is 5.98. The van der Waals surface area contributed by atoms with Gasteiger partial charge in [0.1, 0.15) is 5.75 Å². The first-order chi connectivity index (χ1) is 9.52. The van der Waals surface area contributed by atoms with Crippen LogP contribution in [0.4, 0.5) is 5.69 Å². The zero-order valence-electron chi connectivity index (χ0n) is 11.1. The number of hydrogen-bond acceptors (Lipinski definition) is 2. The molecule has 1 unspecified atom stereocenters. The predicted octanol–water partition coefficient (Wildman–Crippen LogP) is 5.94. The highest BCUT2D eigenvalue weighted by Crippen LogP contribution is 2.37. The van der Waals surface area contributed by atoms with Gasteiger partial charge in [-0.3, -0.25) is 0 Å². The van der Waals surface area contributed by atoms with Crippen LogP contribution in [0.15, 0.2) is 40.9 Å². The molecule has 0 aromatic heterocycles. The molecule has 0 bridgehead atoms. The lowest BCUT2D eigenvalue weighted by Gasteiger charge is -2.18. The van der Waals surface area contributed by atoms with Gasteiger partial charge in [-0.2, -0.15) is 0 Å². The van der Waals surface area contributed by atoms with Crippen LogP contribution >= 0.6 is 39.1 Å². The van der Waals surface area contributed by atoms with Crippen LogP contribution in [0.25, 0.3) is 0 Å². The van der Waals surface area contributed by atoms with Crippen LogP contribution in [0.2, 0.25) is 10.0 Å². The number of hydrogen-bond donors (Lipinski definition) is 1. The van der Waals surface area contributed by atoms with E-state index in [1.54, 1.807) is 7.11 Å². The zero-order chi connectivity index (χ0) is 14.7. The van der Waals surface area contributed by atoms with E-state index in [4.69, 9.17) is 27.9 Å². The van der Waals surface area contributed by atoms with Crippen molar-refractivity contribution in [3.8, 4) is 5.75 Å². The molecular weight excluding hydrogens is 361 g/mol. The van der Waals surface area contributed by atoms with E-state index in [9.17, 15) is 0 Å². The summed E-state index contributed by atoms with van der Waals surface area (Å²) in [6.45, 7) is 2.06. The fourth-order valence-corrected chi connectivity index (χ4v) is 2.69. The van der Waals surface area contributed by atoms with Crippen molar-refractivity contribution in [2.24, 2.45) is 0 Å². The second-order valence-electron chi connectivity index (χ2n) is 4.37. The fourth-order valence-electron chi connectivity index (χ4n) is 1.86. The third-order valence-electron chi connectivity index (χ3n) is 3.00. The first-order valence-electron chi connectivity index (χ1n) is 6.07. The highest BCUT2D eigenvalue weighted by molar-refractivity contribution is 9.10. The van der Waals surface area contributed by atoms with Gasteiger partial charge in [-0.25, -0.2) is 0 Å². The average molecular weight is 375 g/mol. The number of halogens is 3. The molecule has 0 heterocycles. The van der Waals surface area contributed by atoms with Crippen LogP contribution < -0.4 is 10.1 Å². The molecule has 20 heavy (non-hydrogen) atoms. The molecule has 2 rings (SSSR count). The van der Waals surface area contributed by atoms with Crippen molar-refractivity contribution >= 4 is 44.8 Å². The third-order valence-corrected chi connectivity index (χ3v) is 4.77. The van der Waals surface area contributed by atoms with Gasteiger partial charge in [-0.15, -0.1) is 0 Å². The number of ether oxygens (including phenoxy) is 1. The van der Waals surface area contributed by atoms with Crippen LogP contribution in [-0.4, -0.2) is 7.11 Å². The quantitative estimate of drug-likeness (QED) is 0.668. The smallest absolute Gasteiger partial charge is 0.119 e. The summed E-state index contributed by atoms with van der Waals surface area (Å²) in [5.74, 6) is 0.830. The molecule has 0 fully saturated rings. The van der Waals surface area contributed by atoms with Crippen molar-refractivity contribution < 1.29 is 4.74 Å². The number of benzene rings is 2. The minimum absolute atomic E-state index is 0.0832. The standard InChI is InChI=1S/C15H14BrCl2NO/c1-9(10-4-3-5-11(8-10)20-2)19-13-7-6-12(16)14(17)15(13)18/h3-9,19H,1-2H3. The lowest BCUT2D eigenvalue weighted by atomic mass is 10.1. The van der Waals surface area contributed by atoms with Gasteiger partial charge in [0.05, 0.1) is 22.8 Å². The molecule has 0 saturated heterocycles. The van der Waals surface area contributed by atoms with Gasteiger partial charge in [-0.1, -0.05) is 35.3 Å². The van der Waals surface area contributed by atoms with E-state index in [-0.39, 0.29) is 6.04 Å². The Morgan fingerprint density at radius 2 is 1.90 bits per heavy atom. The first kappa shape index (κ1) is 15.5. The monoisotopic (exact) mass is 373 g/mol. The molecule has 5 heteroatoms. The van der Waals surface area contributed by atoms with Gasteiger partial charge in [-0.05, 0) is 52.7 Å². The van der Waals surface area contributed by atoms with Crippen molar-refractivity contribution in [1.29, 1.82) is 0 Å². The maximum atomic E-state index is 6.24. The maximum Gasteiger partial charge on any atom is 0.119 e. The summed E-state index contributed by atoms with van der Waals surface area (Å²) in [4.78, 5) is 0. The Morgan fingerprint density at radius 1 is 1.15 bits per heavy atom. The van der Waals surface area contributed by atoms with Gasteiger partial charge in [0.2, 0.25) is 0 Å². The SMILES string of the molecule is COc1cccc(C(C)Nc2ccc(Br)c(Cl)c2Cl)c1. The highest BCUT2D eigenvalue weighted by Gasteiger charge is 2.12. The Balaban J connectivity index is 2.23. The van der Waals surface area contributed by atoms with Gasteiger partial charge in [0.15, 0.2) is 0 Å². The van der Waals surface area contributed by atoms with Gasteiger partial charge < -0.3 is 10.1 Å². The van der Waals surface area contributed by atoms with Crippen molar-refractivity contribution in [3.63, 3.8) is 0 Å². The molecule has 0 aliphatic heterocycles. The average Bonchev–Trinajstić information content (AvgIpc) is 2.48. The van der Waals surface area contributed by atoms with E-state index in [0.717, 1.165) is 21.5 Å². The van der Waals surface area contributed by atoms with Crippen LogP contribution in [0.5, 0.6) is 5.75 Å². The van der Waals surface area contributed by atoms with Crippen LogP contribution in [0.1, 0.15) is 18.5 Å². The first-order valence-corrected chi connectivity index (χ1v) is 7.61. The summed E-state index contributed by atoms with van der Waals surface area (Å²) >= 11 is 15.7. The lowest BCUT2D eigenvalue weighted by Crippen LogP contribution is -2.07. The van der Waals surface area contributed by atoms with Gasteiger partial charge in [0.25, 0.3) is 0 Å². The molecule has 2 nitrogen and oxygen atoms in total. The Kier molecular flexibility index (Phi) is 5.19. The van der Waals surface area contributed by atoms with Crippen LogP contribution in [0.3, 0.4) is 0 Å². The van der Waals surface area contributed by atoms with Crippen molar-refractivity contribution in [1.82, 2.24) is 0 Å². The normalized spacial score (nSPS) is 12.1. The summed E-state index contributed by atoms with van der Waals surface area (Å²) in [5.41, 5.74) is 1.91. The van der Waals surface area contributed by atoms with E-state index in [0.29, 0.717) is 10.0 Å². The molecule has 1 atom stereocenters. The topological polar surface area (TPSA) is 21.3 Å². The fraction of sp³-hybridized carbons (Fsp3) is 0.200. The largest absolute Gasteiger partial charge is 0.497 e. The predicted molar refractivity (Wildman–Crippen MR) is 89.2 cm³/mol. The molecule has 0 aliphatic carbocycles. The number of methoxy groups -OCH3 is 1. The molecule has 2 aromatic carbocycles. The highest BCUT2D eigenvalue weighted by atomic mass is 79.9. The van der Waals surface area contributed by atoms with Crippen molar-refractivity contribution in [2.45, 2.75) is 13.0 Å². The number of anilines is 1. The van der Waals surface area contributed by atoms with Crippen LogP contribution in [-0.2, 0) is 0 Å². The molecule has 2 aromatic rings. The van der Waals surface area contributed by atoms with Gasteiger partial charge in [0, 0.05) is 10.5 Å². The van der Waals surface area contributed by atoms with Crippen molar-refractivity contribution in [3.05, 3.63) is 56.5 Å². The zero-order valence-corrected chi connectivity index (χ0v) is 14.2. The Bertz CT molecular complexity index is 619. The lowest BCUT2D eigenvalue weighted by molar-refractivity contribution is 0.414. The Labute approximate surface area is 137 Å². The van der Waals surface area contributed by atoms with Crippen molar-refractivity contribution in [2.75, 3.05) is 12.4 Å². The number of nitrogens with one attached hydrogen (secondary N) is 1. The van der Waals surface area contributed by atoms with E-state index in [1.165, 1.54) is 0 Å². The van der Waals surface area contributed by atoms with E-state index in [1.807, 2.05) is 36.4 Å². The molecule has 0 aliphatic rings. The summed E-state index contributed by atoms with van der Waals surface area (Å²) in [6, 6.07) is 11.8. The molecule has 106 valence electrons. The van der Waals surface area contributed by atoms with Crippen LogP contribution in [0, 0.1) is 0 Å². The molecule has 1 N–H and O–H groups in total. The van der Waals surface area contributed by atoms with E-state index < -0.39 is 0 Å². The van der Waals surface area contributed by atoms with E-state index in [2.05, 4.69) is 28.2 Å². The summed E-state index contributed by atoms with van der Waals surface area (Å²) in [6.07, 6.45) is 0. The molecule has 0 spiro atoms. The summed E-state index contributed by atoms with van der Waals surface area (Å²) in [5, 5.41) is 4.37. The molecule has 0 saturated carbocycles. The molecule has 0 amide bonds. The second kappa shape index (κ2) is 6.70. The maximum absolute atomic E-state index is 6.24. The minimum atomic E-state index is 0.0832. The summed E-state index contributed by atoms with van der Waals surface area (Å²) in [7, 11) is 1.66. The van der Waals surface area contributed by atoms with E-state index >= 15 is 0 Å². The third kappa shape index (κ3) is 3.40. The van der Waals surface area contributed by atoms with Gasteiger partial charge >= 0.3 is 0 Å². The molecular formula is C15H14BrCl2NO. The Morgan fingerprint density at radius 3 is 2.60 bits per heavy atom. The number of rotatable bonds is 4.